The summed E-state index contributed by atoms with van der Waals surface area (Å²) in [6, 6.07) is 0.494. The molecule has 0 fully saturated rings. The fraction of sp³-hybridized carbons (Fsp3) is 0.898. The molecule has 0 saturated carbocycles. The second-order valence-electron chi connectivity index (χ2n) is 38.5. The monoisotopic (exact) mass is 1830 g/mol. The molecule has 0 unspecified atom stereocenters. The van der Waals surface area contributed by atoms with Crippen LogP contribution in [0.15, 0.2) is 0 Å². The van der Waals surface area contributed by atoms with Crippen molar-refractivity contribution in [3.05, 3.63) is 0 Å². The molecule has 0 heterocycles. The van der Waals surface area contributed by atoms with E-state index >= 15 is 0 Å². The quantitative estimate of drug-likeness (QED) is 0.0217. The summed E-state index contributed by atoms with van der Waals surface area (Å²) in [4.78, 5) is 105. The lowest BCUT2D eigenvalue weighted by molar-refractivity contribution is -0.127. The van der Waals surface area contributed by atoms with Gasteiger partial charge in [0, 0.05) is 191 Å². The van der Waals surface area contributed by atoms with Gasteiger partial charge in [-0.1, -0.05) is 351 Å². The van der Waals surface area contributed by atoms with Crippen LogP contribution in [-0.2, 0) is 38.4 Å². The number of Topliss-reactive ketones (excluding diaryl/α,β-unsaturated/α-hetero) is 6. The molecular formula is C88H173N5O9S12. The maximum absolute atomic E-state index is 11.8. The molecule has 4 amide bonds. The molecule has 676 valence electrons. The van der Waals surface area contributed by atoms with Gasteiger partial charge in [0.2, 0.25) is 11.8 Å². The van der Waals surface area contributed by atoms with Crippen LogP contribution in [0, 0.1) is 43.8 Å². The number of rotatable bonds is 60. The Balaban J connectivity index is -0.000000439. The summed E-state index contributed by atoms with van der Waals surface area (Å²) >= 11 is 0. The molecule has 0 aromatic carbocycles. The van der Waals surface area contributed by atoms with Crippen molar-refractivity contribution in [1.82, 2.24) is 26.0 Å². The number of nitrogens with one attached hydrogen (secondary N) is 5. The Kier molecular flexibility index (Phi) is 79.5. The average molecular weight is 1830 g/mol. The Morgan fingerprint density at radius 2 is 0.632 bits per heavy atom. The van der Waals surface area contributed by atoms with Gasteiger partial charge in [-0.3, -0.25) is 43.1 Å². The highest BCUT2D eigenvalue weighted by atomic mass is 33.1. The van der Waals surface area contributed by atoms with Gasteiger partial charge in [0.05, 0.1) is 0 Å². The van der Waals surface area contributed by atoms with E-state index in [1.807, 2.05) is 151 Å². The molecular weight excluding hydrogens is 1660 g/mol. The van der Waals surface area contributed by atoms with Gasteiger partial charge < -0.3 is 21.3 Å². The fourth-order valence-corrected chi connectivity index (χ4v) is 21.1. The third-order valence-electron chi connectivity index (χ3n) is 16.5. The summed E-state index contributed by atoms with van der Waals surface area (Å²) in [6.45, 7) is 62.1. The van der Waals surface area contributed by atoms with Crippen LogP contribution in [0.1, 0.15) is 367 Å². The molecule has 5 N–H and O–H groups in total. The Hall–Kier alpha value is 0.390. The van der Waals surface area contributed by atoms with Crippen LogP contribution in [0.3, 0.4) is 0 Å². The van der Waals surface area contributed by atoms with Crippen LogP contribution < -0.4 is 26.0 Å². The maximum atomic E-state index is 11.8. The third-order valence-corrected chi connectivity index (χ3v) is 31.7. The smallest absolute Gasteiger partial charge is 0.314 e. The van der Waals surface area contributed by atoms with Crippen molar-refractivity contribution < 1.29 is 43.2 Å². The van der Waals surface area contributed by atoms with Crippen molar-refractivity contribution >= 4 is 182 Å². The Labute approximate surface area is 750 Å². The van der Waals surface area contributed by atoms with Crippen LogP contribution in [0.2, 0.25) is 0 Å². The number of hydrogen-bond acceptors (Lipinski definition) is 22. The van der Waals surface area contributed by atoms with Gasteiger partial charge >= 0.3 is 6.03 Å². The van der Waals surface area contributed by atoms with E-state index in [2.05, 4.69) is 123 Å². The Morgan fingerprint density at radius 3 is 1.09 bits per heavy atom. The highest BCUT2D eigenvalue weighted by Crippen LogP contribution is 2.36. The normalized spacial score (nSPS) is 12.1. The minimum Gasteiger partial charge on any atom is -0.356 e. The van der Waals surface area contributed by atoms with E-state index in [0.717, 1.165) is 129 Å². The summed E-state index contributed by atoms with van der Waals surface area (Å²) in [5.74, 6) is 12.3. The highest BCUT2D eigenvalue weighted by molar-refractivity contribution is 8.78. The SMILES string of the molecule is CC(C)(C)CCCCCCCNC(=O)CCSSCCC(=O)C(C)(C)C.CC(C)(C)CCCSSCCNC(=O)NCCSSCCCC(=O)C(C)(C)C.CC(C)(C)CCCSSNC(=O)CCCCC(=O)C(C)(C)C.CC(C)(C)SSCCC(=O)CCCCCCC(=O)C(C)(C)C.CC(C)NCCSSCCCC(=O)C(C)C. The summed E-state index contributed by atoms with van der Waals surface area (Å²) in [5, 5.41) is 12.2. The summed E-state index contributed by atoms with van der Waals surface area (Å²) in [6.07, 6.45) is 25.7. The van der Waals surface area contributed by atoms with Gasteiger partial charge in [-0.25, -0.2) is 4.79 Å². The van der Waals surface area contributed by atoms with E-state index in [9.17, 15) is 43.2 Å². The number of carbonyl (C=O) groups excluding carboxylic acids is 9. The number of carbonyl (C=O) groups is 9. The van der Waals surface area contributed by atoms with Crippen molar-refractivity contribution in [2.75, 3.05) is 83.7 Å². The van der Waals surface area contributed by atoms with Crippen molar-refractivity contribution in [3.63, 3.8) is 0 Å². The van der Waals surface area contributed by atoms with E-state index in [1.54, 1.807) is 64.8 Å². The lowest BCUT2D eigenvalue weighted by Gasteiger charge is -2.17. The molecule has 0 aromatic heterocycles. The van der Waals surface area contributed by atoms with E-state index < -0.39 is 0 Å². The standard InChI is InChI=1S/C21H41NO2S2.C20H40N2O2S4.C18H34O2S2.C17H33NO2S2.C12H25NOS2/c1-20(2,3)14-10-8-7-9-11-15-22-19(24)13-17-26-25-16-12-18(23)21(4,5)6;1-19(2,3)10-8-14-26-28-16-12-22-18(24)21-11-15-27-25-13-7-9-17(23)20(4,5)6;1-17(2,3)16(20)12-10-8-7-9-11-15(19)13-14-21-22-18(4,5)6;1-16(2,3)12-9-13-21-22-18-15(20)11-8-7-10-14(19)17(4,5)6;1-10(2)12(14)6-5-8-15-16-9-7-13-11(3)4/h7-17H2,1-6H3,(H,22,24);7-16H2,1-6H3,(H2,21,22,24);7-14H2,1-6H3;7-13H2,1-6H3,(H,18,20);10-11,13H,5-9H2,1-4H3. The Bertz CT molecular complexity index is 2460. The molecule has 0 aliphatic carbocycles. The lowest BCUT2D eigenvalue weighted by Crippen LogP contribution is -2.37. The zero-order valence-electron chi connectivity index (χ0n) is 77.7. The number of hydrogen-bond donors (Lipinski definition) is 5. The number of ketones is 6. The molecule has 114 heavy (non-hydrogen) atoms. The fourth-order valence-electron chi connectivity index (χ4n) is 9.14. The molecule has 0 bridgehead atoms. The molecule has 0 saturated heterocycles. The molecule has 0 rings (SSSR count). The lowest BCUT2D eigenvalue weighted by atomic mass is 9.88. The summed E-state index contributed by atoms with van der Waals surface area (Å²) in [7, 11) is 21.2. The highest BCUT2D eigenvalue weighted by Gasteiger charge is 2.24. The molecule has 0 atom stereocenters. The first-order valence-corrected chi connectivity index (χ1v) is 57.3. The average Bonchev–Trinajstić information content (AvgIpc) is 0.932. The molecule has 14 nitrogen and oxygen atoms in total. The topological polar surface area (TPSA) is 214 Å². The van der Waals surface area contributed by atoms with Crippen molar-refractivity contribution in [2.24, 2.45) is 43.8 Å². The van der Waals surface area contributed by atoms with Crippen molar-refractivity contribution in [2.45, 2.75) is 378 Å². The van der Waals surface area contributed by atoms with Crippen LogP contribution in [0.25, 0.3) is 0 Å². The van der Waals surface area contributed by atoms with Gasteiger partial charge in [-0.2, -0.15) is 0 Å². The molecule has 0 spiro atoms. The minimum absolute atomic E-state index is 0.0662. The maximum Gasteiger partial charge on any atom is 0.314 e. The van der Waals surface area contributed by atoms with E-state index in [1.165, 1.54) is 74.5 Å². The van der Waals surface area contributed by atoms with Crippen LogP contribution >= 0.6 is 130 Å². The first kappa shape index (κ1) is 123. The zero-order chi connectivity index (χ0) is 88.4. The number of amides is 4. The number of unbranched alkanes of at least 4 members (excludes halogenated alkanes) is 8. The van der Waals surface area contributed by atoms with E-state index in [4.69, 9.17) is 0 Å². The largest absolute Gasteiger partial charge is 0.356 e. The van der Waals surface area contributed by atoms with Gasteiger partial charge in [0.25, 0.3) is 0 Å². The summed E-state index contributed by atoms with van der Waals surface area (Å²) < 4.78 is 3.12. The van der Waals surface area contributed by atoms with Gasteiger partial charge in [-0.05, 0) is 93.3 Å². The van der Waals surface area contributed by atoms with Gasteiger partial charge in [-0.15, -0.1) is 0 Å². The molecule has 26 heteroatoms. The number of urea groups is 1. The second kappa shape index (κ2) is 73.7. The van der Waals surface area contributed by atoms with Gasteiger partial charge in [0.1, 0.15) is 34.7 Å². The molecule has 0 aliphatic rings. The second-order valence-corrected chi connectivity index (χ2v) is 54.8. The predicted octanol–water partition coefficient (Wildman–Crippen LogP) is 27.4. The predicted molar refractivity (Wildman–Crippen MR) is 531 cm³/mol. The van der Waals surface area contributed by atoms with Gasteiger partial charge in [0.15, 0.2) is 0 Å². The summed E-state index contributed by atoms with van der Waals surface area (Å²) in [5.41, 5.74) is 0.328. The van der Waals surface area contributed by atoms with Crippen molar-refractivity contribution in [3.8, 4) is 0 Å². The zero-order valence-corrected chi connectivity index (χ0v) is 87.5. The van der Waals surface area contributed by atoms with Crippen LogP contribution in [0.4, 0.5) is 4.79 Å². The minimum atomic E-state index is -0.262. The molecule has 0 aromatic rings. The van der Waals surface area contributed by atoms with E-state index in [0.29, 0.717) is 116 Å². The Morgan fingerprint density at radius 1 is 0.281 bits per heavy atom. The molecule has 0 radical (unpaired) electrons. The third kappa shape index (κ3) is 101. The van der Waals surface area contributed by atoms with Crippen LogP contribution in [0.5, 0.6) is 0 Å². The first-order chi connectivity index (χ1) is 52.6. The van der Waals surface area contributed by atoms with Crippen LogP contribution in [-0.4, -0.2) is 147 Å². The molecule has 0 aliphatic heterocycles. The van der Waals surface area contributed by atoms with E-state index in [-0.39, 0.29) is 56.0 Å². The first-order valence-electron chi connectivity index (χ1n) is 42.7. The van der Waals surface area contributed by atoms with Crippen molar-refractivity contribution in [1.29, 1.82) is 0 Å².